The molecule has 0 radical (unpaired) electrons. The third-order valence-corrected chi connectivity index (χ3v) is 5.39. The lowest BCUT2D eigenvalue weighted by molar-refractivity contribution is 0.582. The third kappa shape index (κ3) is 3.53. The van der Waals surface area contributed by atoms with Crippen LogP contribution in [0.3, 0.4) is 0 Å². The predicted octanol–water partition coefficient (Wildman–Crippen LogP) is 2.27. The zero-order valence-corrected chi connectivity index (χ0v) is 13.3. The van der Waals surface area contributed by atoms with Gasteiger partial charge in [0, 0.05) is 27.8 Å². The number of thiazole rings is 1. The van der Waals surface area contributed by atoms with Crippen LogP contribution in [0.1, 0.15) is 9.88 Å². The highest BCUT2D eigenvalue weighted by molar-refractivity contribution is 9.10. The van der Waals surface area contributed by atoms with Crippen molar-refractivity contribution in [2.75, 3.05) is 5.73 Å². The first kappa shape index (κ1) is 14.4. The molecule has 19 heavy (non-hydrogen) atoms. The molecule has 5 nitrogen and oxygen atoms in total. The molecule has 2 rings (SSSR count). The second-order valence-electron chi connectivity index (χ2n) is 3.85. The molecule has 1 aromatic carbocycles. The molecular weight excluding hydrogens is 350 g/mol. The number of rotatable bonds is 4. The maximum atomic E-state index is 12.1. The molecule has 0 aliphatic rings. The Bertz CT molecular complexity index is 698. The summed E-state index contributed by atoms with van der Waals surface area (Å²) < 4.78 is 27.3. The van der Waals surface area contributed by atoms with E-state index in [1.54, 1.807) is 12.3 Å². The number of aromatic nitrogens is 1. The number of anilines is 1. The van der Waals surface area contributed by atoms with Crippen molar-refractivity contribution in [2.45, 2.75) is 18.4 Å². The van der Waals surface area contributed by atoms with E-state index < -0.39 is 10.0 Å². The fraction of sp³-hybridized carbons (Fsp3) is 0.182. The number of aryl methyl sites for hydroxylation is 1. The Labute approximate surface area is 124 Å². The van der Waals surface area contributed by atoms with Crippen molar-refractivity contribution in [2.24, 2.45) is 0 Å². The average molecular weight is 362 g/mol. The zero-order chi connectivity index (χ0) is 14.0. The predicted molar refractivity (Wildman–Crippen MR) is 79.4 cm³/mol. The van der Waals surface area contributed by atoms with Gasteiger partial charge in [-0.3, -0.25) is 0 Å². The van der Waals surface area contributed by atoms with Crippen LogP contribution >= 0.6 is 27.3 Å². The van der Waals surface area contributed by atoms with Crippen molar-refractivity contribution in [3.8, 4) is 0 Å². The Morgan fingerprint density at radius 3 is 2.79 bits per heavy atom. The summed E-state index contributed by atoms with van der Waals surface area (Å²) in [4.78, 5) is 5.12. The molecule has 0 atom stereocenters. The third-order valence-electron chi connectivity index (χ3n) is 2.39. The maximum absolute atomic E-state index is 12.1. The normalized spacial score (nSPS) is 11.7. The van der Waals surface area contributed by atoms with Crippen molar-refractivity contribution >= 4 is 43.0 Å². The van der Waals surface area contributed by atoms with E-state index in [0.29, 0.717) is 10.2 Å². The van der Waals surface area contributed by atoms with Crippen molar-refractivity contribution in [1.29, 1.82) is 0 Å². The van der Waals surface area contributed by atoms with E-state index in [1.807, 2.05) is 6.92 Å². The lowest BCUT2D eigenvalue weighted by atomic mass is 10.3. The monoisotopic (exact) mass is 361 g/mol. The molecule has 1 heterocycles. The summed E-state index contributed by atoms with van der Waals surface area (Å²) in [5.74, 6) is 0. The standard InChI is InChI=1S/C11H12BrN3O2S2/c1-7-14-5-8(18-7)6-15-19(16,17)9-2-3-11(13)10(12)4-9/h2-5,15H,6,13H2,1H3. The maximum Gasteiger partial charge on any atom is 0.240 e. The number of hydrogen-bond acceptors (Lipinski definition) is 5. The zero-order valence-electron chi connectivity index (χ0n) is 10.1. The van der Waals surface area contributed by atoms with Crippen LogP contribution in [0.4, 0.5) is 5.69 Å². The fourth-order valence-electron chi connectivity index (χ4n) is 1.41. The highest BCUT2D eigenvalue weighted by Gasteiger charge is 2.15. The molecule has 0 unspecified atom stereocenters. The molecule has 0 saturated carbocycles. The van der Waals surface area contributed by atoms with Crippen LogP contribution < -0.4 is 10.5 Å². The lowest BCUT2D eigenvalue weighted by Crippen LogP contribution is -2.22. The van der Waals surface area contributed by atoms with Gasteiger partial charge in [0.2, 0.25) is 10.0 Å². The fourth-order valence-corrected chi connectivity index (χ4v) is 3.80. The van der Waals surface area contributed by atoms with E-state index in [4.69, 9.17) is 5.73 Å². The molecule has 1 aromatic heterocycles. The Balaban J connectivity index is 2.16. The highest BCUT2D eigenvalue weighted by Crippen LogP contribution is 2.23. The molecule has 3 N–H and O–H groups in total. The SMILES string of the molecule is Cc1ncc(CNS(=O)(=O)c2ccc(N)c(Br)c2)s1. The molecule has 0 saturated heterocycles. The van der Waals surface area contributed by atoms with E-state index in [-0.39, 0.29) is 11.4 Å². The minimum atomic E-state index is -3.55. The molecule has 0 aliphatic heterocycles. The highest BCUT2D eigenvalue weighted by atomic mass is 79.9. The van der Waals surface area contributed by atoms with Crippen LogP contribution in [0.2, 0.25) is 0 Å². The number of halogens is 1. The quantitative estimate of drug-likeness (QED) is 0.818. The Kier molecular flexibility index (Phi) is 4.24. The van der Waals surface area contributed by atoms with Crippen LogP contribution in [-0.2, 0) is 16.6 Å². The van der Waals surface area contributed by atoms with Gasteiger partial charge in [-0.15, -0.1) is 11.3 Å². The molecule has 102 valence electrons. The second-order valence-corrected chi connectivity index (χ2v) is 7.79. The minimum absolute atomic E-state index is 0.176. The smallest absolute Gasteiger partial charge is 0.240 e. The molecule has 8 heteroatoms. The number of nitrogen functional groups attached to an aromatic ring is 1. The van der Waals surface area contributed by atoms with E-state index in [1.165, 1.54) is 23.5 Å². The van der Waals surface area contributed by atoms with Crippen LogP contribution in [0.15, 0.2) is 33.8 Å². The summed E-state index contributed by atoms with van der Waals surface area (Å²) in [5, 5.41) is 0.907. The molecule has 0 bridgehead atoms. The van der Waals surface area contributed by atoms with Gasteiger partial charge in [0.25, 0.3) is 0 Å². The lowest BCUT2D eigenvalue weighted by Gasteiger charge is -2.07. The first-order valence-corrected chi connectivity index (χ1v) is 8.44. The van der Waals surface area contributed by atoms with Gasteiger partial charge in [-0.2, -0.15) is 0 Å². The average Bonchev–Trinajstić information content (AvgIpc) is 2.76. The van der Waals surface area contributed by atoms with Gasteiger partial charge in [0.1, 0.15) is 0 Å². The van der Waals surface area contributed by atoms with Crippen LogP contribution in [0.25, 0.3) is 0 Å². The van der Waals surface area contributed by atoms with Crippen LogP contribution in [-0.4, -0.2) is 13.4 Å². The van der Waals surface area contributed by atoms with Gasteiger partial charge in [-0.25, -0.2) is 18.1 Å². The number of nitrogens with one attached hydrogen (secondary N) is 1. The van der Waals surface area contributed by atoms with Crippen molar-refractivity contribution in [3.05, 3.63) is 38.8 Å². The topological polar surface area (TPSA) is 85.1 Å². The Morgan fingerprint density at radius 1 is 1.47 bits per heavy atom. The largest absolute Gasteiger partial charge is 0.398 e. The summed E-state index contributed by atoms with van der Waals surface area (Å²) in [5.41, 5.74) is 6.13. The summed E-state index contributed by atoms with van der Waals surface area (Å²) in [6, 6.07) is 4.51. The van der Waals surface area contributed by atoms with Crippen LogP contribution in [0.5, 0.6) is 0 Å². The summed E-state index contributed by atoms with van der Waals surface area (Å²) in [6.07, 6.45) is 1.67. The molecule has 0 spiro atoms. The molecule has 2 aromatic rings. The summed E-state index contributed by atoms with van der Waals surface area (Å²) in [7, 11) is -3.55. The van der Waals surface area contributed by atoms with E-state index in [2.05, 4.69) is 25.6 Å². The van der Waals surface area contributed by atoms with Gasteiger partial charge in [-0.1, -0.05) is 0 Å². The van der Waals surface area contributed by atoms with E-state index in [0.717, 1.165) is 9.88 Å². The molecule has 0 fully saturated rings. The summed E-state index contributed by atoms with van der Waals surface area (Å²) >= 11 is 4.67. The van der Waals surface area contributed by atoms with Gasteiger partial charge >= 0.3 is 0 Å². The van der Waals surface area contributed by atoms with Gasteiger partial charge in [0.15, 0.2) is 0 Å². The molecule has 0 aliphatic carbocycles. The Morgan fingerprint density at radius 2 is 2.21 bits per heavy atom. The van der Waals surface area contributed by atoms with E-state index in [9.17, 15) is 8.42 Å². The van der Waals surface area contributed by atoms with E-state index >= 15 is 0 Å². The summed E-state index contributed by atoms with van der Waals surface area (Å²) in [6.45, 7) is 2.11. The Hall–Kier alpha value is -0.960. The van der Waals surface area contributed by atoms with Gasteiger partial charge in [0.05, 0.1) is 9.90 Å². The minimum Gasteiger partial charge on any atom is -0.398 e. The van der Waals surface area contributed by atoms with Crippen molar-refractivity contribution < 1.29 is 8.42 Å². The molecule has 0 amide bonds. The van der Waals surface area contributed by atoms with Gasteiger partial charge in [-0.05, 0) is 41.1 Å². The second kappa shape index (κ2) is 5.58. The molecular formula is C11H12BrN3O2S2. The number of benzene rings is 1. The number of nitrogens with two attached hydrogens (primary N) is 1. The number of nitrogens with zero attached hydrogens (tertiary/aromatic N) is 1. The first-order valence-electron chi connectivity index (χ1n) is 5.34. The number of sulfonamides is 1. The van der Waals surface area contributed by atoms with Crippen molar-refractivity contribution in [3.63, 3.8) is 0 Å². The van der Waals surface area contributed by atoms with Crippen molar-refractivity contribution in [1.82, 2.24) is 9.71 Å². The van der Waals surface area contributed by atoms with Gasteiger partial charge < -0.3 is 5.73 Å². The van der Waals surface area contributed by atoms with Crippen LogP contribution in [0, 0.1) is 6.92 Å². The number of hydrogen-bond donors (Lipinski definition) is 2. The first-order chi connectivity index (χ1) is 8.88.